The molecule has 0 radical (unpaired) electrons. The summed E-state index contributed by atoms with van der Waals surface area (Å²) in [7, 11) is 3.99. The van der Waals surface area contributed by atoms with Crippen molar-refractivity contribution in [1.82, 2.24) is 15.1 Å². The van der Waals surface area contributed by atoms with Gasteiger partial charge in [-0.15, -0.1) is 0 Å². The minimum Gasteiger partial charge on any atom is -0.494 e. The summed E-state index contributed by atoms with van der Waals surface area (Å²) in [4.78, 5) is 46.3. The van der Waals surface area contributed by atoms with E-state index in [-0.39, 0.29) is 24.3 Å². The molecule has 1 spiro atoms. The molecule has 0 aliphatic carbocycles. The van der Waals surface area contributed by atoms with Crippen LogP contribution < -0.4 is 15.0 Å². The number of carbonyl (C=O) groups is 3. The first-order chi connectivity index (χ1) is 17.4. The molecule has 190 valence electrons. The summed E-state index contributed by atoms with van der Waals surface area (Å²) >= 11 is 0. The predicted molar refractivity (Wildman–Crippen MR) is 137 cm³/mol. The van der Waals surface area contributed by atoms with Crippen LogP contribution in [0, 0.1) is 0 Å². The standard InChI is InChI=1S/C28H34N4O4/c1-30(2)15-6-12-25(34)31-16-13-28-22-10-3-4-11-23(22)32(27(28)35)19-24(33)29-14-7-17-36-21-9-5-8-20(18-21)26(28)31/h3-5,8-11,18,26H,6-7,12-17,19H2,1-2H3,(H,29,33)/t26-,28+/m0/s1. The minimum absolute atomic E-state index is 0.0397. The van der Waals surface area contributed by atoms with Gasteiger partial charge in [-0.2, -0.15) is 0 Å². The monoisotopic (exact) mass is 490 g/mol. The maximum Gasteiger partial charge on any atom is 0.240 e. The number of nitrogens with zero attached hydrogens (tertiary/aromatic N) is 3. The minimum atomic E-state index is -0.948. The highest BCUT2D eigenvalue weighted by Crippen LogP contribution is 2.56. The Bertz CT molecular complexity index is 1170. The Morgan fingerprint density at radius 2 is 2.00 bits per heavy atom. The van der Waals surface area contributed by atoms with Gasteiger partial charge >= 0.3 is 0 Å². The number of likely N-dealkylation sites (tertiary alicyclic amines) is 1. The molecule has 3 aliphatic heterocycles. The van der Waals surface area contributed by atoms with Crippen LogP contribution >= 0.6 is 0 Å². The Kier molecular flexibility index (Phi) is 6.71. The Hall–Kier alpha value is -3.39. The van der Waals surface area contributed by atoms with E-state index in [1.54, 1.807) is 4.90 Å². The number of benzene rings is 2. The highest BCUT2D eigenvalue weighted by molar-refractivity contribution is 6.12. The van der Waals surface area contributed by atoms with E-state index in [0.717, 1.165) is 29.8 Å². The van der Waals surface area contributed by atoms with Gasteiger partial charge in [0.15, 0.2) is 0 Å². The van der Waals surface area contributed by atoms with Crippen LogP contribution in [0.3, 0.4) is 0 Å². The van der Waals surface area contributed by atoms with Gasteiger partial charge in [-0.1, -0.05) is 30.3 Å². The lowest BCUT2D eigenvalue weighted by atomic mass is 9.72. The molecule has 4 bridgehead atoms. The maximum atomic E-state index is 14.3. The van der Waals surface area contributed by atoms with E-state index in [1.165, 1.54) is 0 Å². The molecule has 3 heterocycles. The van der Waals surface area contributed by atoms with Gasteiger partial charge in [0.05, 0.1) is 12.6 Å². The summed E-state index contributed by atoms with van der Waals surface area (Å²) in [6.07, 6.45) is 2.34. The molecule has 0 unspecified atom stereocenters. The van der Waals surface area contributed by atoms with Crippen molar-refractivity contribution >= 4 is 23.4 Å². The van der Waals surface area contributed by atoms with E-state index in [9.17, 15) is 14.4 Å². The number of nitrogens with one attached hydrogen (secondary N) is 1. The number of amides is 3. The zero-order chi connectivity index (χ0) is 25.3. The van der Waals surface area contributed by atoms with Crippen molar-refractivity contribution < 1.29 is 19.1 Å². The van der Waals surface area contributed by atoms with Crippen LogP contribution in [-0.2, 0) is 19.8 Å². The quantitative estimate of drug-likeness (QED) is 0.712. The van der Waals surface area contributed by atoms with E-state index >= 15 is 0 Å². The van der Waals surface area contributed by atoms with Crippen molar-refractivity contribution in [2.24, 2.45) is 0 Å². The molecule has 3 aliphatic rings. The normalized spacial score (nSPS) is 23.6. The fourth-order valence-corrected chi connectivity index (χ4v) is 5.93. The molecule has 8 nitrogen and oxygen atoms in total. The van der Waals surface area contributed by atoms with Gasteiger partial charge in [-0.05, 0) is 69.2 Å². The number of hydrogen-bond acceptors (Lipinski definition) is 5. The first-order valence-corrected chi connectivity index (χ1v) is 12.8. The highest BCUT2D eigenvalue weighted by atomic mass is 16.5. The third-order valence-electron chi connectivity index (χ3n) is 7.53. The second kappa shape index (κ2) is 9.93. The summed E-state index contributed by atoms with van der Waals surface area (Å²) in [5.74, 6) is 0.439. The third-order valence-corrected chi connectivity index (χ3v) is 7.53. The average Bonchev–Trinajstić information content (AvgIpc) is 3.37. The first kappa shape index (κ1) is 24.3. The molecule has 0 saturated carbocycles. The van der Waals surface area contributed by atoms with Crippen molar-refractivity contribution in [3.05, 3.63) is 59.7 Å². The van der Waals surface area contributed by atoms with Crippen LogP contribution in [0.1, 0.15) is 42.9 Å². The van der Waals surface area contributed by atoms with Gasteiger partial charge in [-0.25, -0.2) is 0 Å². The van der Waals surface area contributed by atoms with Crippen LogP contribution in [0.4, 0.5) is 5.69 Å². The van der Waals surface area contributed by atoms with E-state index < -0.39 is 11.5 Å². The number of fused-ring (bicyclic) bond motifs is 6. The molecule has 2 aromatic carbocycles. The van der Waals surface area contributed by atoms with Crippen molar-refractivity contribution in [3.63, 3.8) is 0 Å². The van der Waals surface area contributed by atoms with Crippen molar-refractivity contribution in [1.29, 1.82) is 0 Å². The van der Waals surface area contributed by atoms with Gasteiger partial charge in [0.2, 0.25) is 17.7 Å². The smallest absolute Gasteiger partial charge is 0.240 e. The maximum absolute atomic E-state index is 14.3. The lowest BCUT2D eigenvalue weighted by molar-refractivity contribution is -0.134. The van der Waals surface area contributed by atoms with E-state index in [0.29, 0.717) is 44.7 Å². The van der Waals surface area contributed by atoms with Gasteiger partial charge in [0, 0.05) is 25.2 Å². The van der Waals surface area contributed by atoms with Crippen LogP contribution in [-0.4, -0.2) is 74.4 Å². The van der Waals surface area contributed by atoms with Crippen molar-refractivity contribution in [3.8, 4) is 5.75 Å². The third kappa shape index (κ3) is 4.23. The largest absolute Gasteiger partial charge is 0.494 e. The molecule has 1 N–H and O–H groups in total. The van der Waals surface area contributed by atoms with E-state index in [4.69, 9.17) is 4.74 Å². The molecule has 8 heteroatoms. The van der Waals surface area contributed by atoms with Crippen LogP contribution in [0.5, 0.6) is 5.75 Å². The van der Waals surface area contributed by atoms with Crippen LogP contribution in [0.25, 0.3) is 0 Å². The number of carbonyl (C=O) groups excluding carboxylic acids is 3. The SMILES string of the molecule is CN(C)CCCC(=O)N1CC[C@]23C(=O)N(CC(=O)NCCCOc4cccc(c4)[C@H]12)c1ccccc13. The Morgan fingerprint density at radius 1 is 1.17 bits per heavy atom. The van der Waals surface area contributed by atoms with E-state index in [1.807, 2.05) is 67.5 Å². The fraction of sp³-hybridized carbons (Fsp3) is 0.464. The van der Waals surface area contributed by atoms with Crippen molar-refractivity contribution in [2.45, 2.75) is 37.1 Å². The average molecular weight is 491 g/mol. The molecule has 2 atom stereocenters. The number of hydrogen-bond donors (Lipinski definition) is 1. The molecule has 0 aromatic heterocycles. The van der Waals surface area contributed by atoms with Gasteiger partial charge in [0.1, 0.15) is 17.7 Å². The second-order valence-electron chi connectivity index (χ2n) is 10.2. The van der Waals surface area contributed by atoms with Crippen molar-refractivity contribution in [2.75, 3.05) is 51.8 Å². The topological polar surface area (TPSA) is 82.2 Å². The van der Waals surface area contributed by atoms with Gasteiger partial charge < -0.3 is 24.8 Å². The predicted octanol–water partition coefficient (Wildman–Crippen LogP) is 2.49. The number of para-hydroxylation sites is 1. The summed E-state index contributed by atoms with van der Waals surface area (Å²) < 4.78 is 5.98. The van der Waals surface area contributed by atoms with Gasteiger partial charge in [0.25, 0.3) is 0 Å². The number of anilines is 1. The summed E-state index contributed by atoms with van der Waals surface area (Å²) in [5, 5.41) is 2.91. The second-order valence-corrected chi connectivity index (χ2v) is 10.2. The number of ether oxygens (including phenoxy) is 1. The number of rotatable bonds is 4. The summed E-state index contributed by atoms with van der Waals surface area (Å²) in [6, 6.07) is 15.0. The molecular weight excluding hydrogens is 456 g/mol. The molecular formula is C28H34N4O4. The van der Waals surface area contributed by atoms with Gasteiger partial charge in [-0.3, -0.25) is 14.4 Å². The Labute approximate surface area is 212 Å². The van der Waals surface area contributed by atoms with Crippen LogP contribution in [0.2, 0.25) is 0 Å². The summed E-state index contributed by atoms with van der Waals surface area (Å²) in [6.45, 7) is 2.21. The highest BCUT2D eigenvalue weighted by Gasteiger charge is 2.61. The molecule has 1 saturated heterocycles. The Morgan fingerprint density at radius 3 is 2.83 bits per heavy atom. The fourth-order valence-electron chi connectivity index (χ4n) is 5.93. The first-order valence-electron chi connectivity index (χ1n) is 12.8. The lowest BCUT2D eigenvalue weighted by Gasteiger charge is -2.35. The molecule has 1 fully saturated rings. The summed E-state index contributed by atoms with van der Waals surface area (Å²) in [5.41, 5.74) is 1.58. The Balaban J connectivity index is 1.62. The van der Waals surface area contributed by atoms with E-state index in [2.05, 4.69) is 10.2 Å². The zero-order valence-corrected chi connectivity index (χ0v) is 21.0. The molecule has 5 rings (SSSR count). The van der Waals surface area contributed by atoms with Crippen LogP contribution in [0.15, 0.2) is 48.5 Å². The molecule has 36 heavy (non-hydrogen) atoms. The molecule has 2 aromatic rings. The molecule has 3 amide bonds. The zero-order valence-electron chi connectivity index (χ0n) is 21.0. The lowest BCUT2D eigenvalue weighted by Crippen LogP contribution is -2.48.